The van der Waals surface area contributed by atoms with E-state index in [9.17, 15) is 14.4 Å². The molecule has 0 fully saturated rings. The largest absolute Gasteiger partial charge is 0.462 e. The summed E-state index contributed by atoms with van der Waals surface area (Å²) in [6.45, 7) is 6.70. The molecule has 408 valence electrons. The summed E-state index contributed by atoms with van der Waals surface area (Å²) in [6, 6.07) is 0. The van der Waals surface area contributed by atoms with Gasteiger partial charge in [0.15, 0.2) is 6.10 Å². The minimum Gasteiger partial charge on any atom is -0.462 e. The van der Waals surface area contributed by atoms with Crippen molar-refractivity contribution in [2.75, 3.05) is 13.2 Å². The molecule has 0 saturated carbocycles. The van der Waals surface area contributed by atoms with Crippen molar-refractivity contribution in [3.05, 3.63) is 12.2 Å². The fraction of sp³-hybridized carbons (Fsp3) is 0.921. The number of carbonyl (C=O) groups excluding carboxylic acids is 3. The van der Waals surface area contributed by atoms with Crippen molar-refractivity contribution in [1.29, 1.82) is 0 Å². The van der Waals surface area contributed by atoms with Crippen molar-refractivity contribution in [2.24, 2.45) is 0 Å². The zero-order valence-corrected chi connectivity index (χ0v) is 46.9. The van der Waals surface area contributed by atoms with Crippen LogP contribution in [0, 0.1) is 0 Å². The Hall–Kier alpha value is -1.85. The lowest BCUT2D eigenvalue weighted by molar-refractivity contribution is -0.167. The zero-order chi connectivity index (χ0) is 50.0. The van der Waals surface area contributed by atoms with E-state index in [1.165, 1.54) is 250 Å². The lowest BCUT2D eigenvalue weighted by Crippen LogP contribution is -2.30. The molecule has 0 rings (SSSR count). The van der Waals surface area contributed by atoms with Crippen LogP contribution in [-0.2, 0) is 28.6 Å². The lowest BCUT2D eigenvalue weighted by atomic mass is 10.0. The van der Waals surface area contributed by atoms with Crippen LogP contribution >= 0.6 is 0 Å². The quantitative estimate of drug-likeness (QED) is 0.0261. The van der Waals surface area contributed by atoms with Gasteiger partial charge >= 0.3 is 17.9 Å². The second kappa shape index (κ2) is 58.7. The Bertz CT molecular complexity index is 1070. The van der Waals surface area contributed by atoms with Crippen molar-refractivity contribution >= 4 is 17.9 Å². The number of rotatable bonds is 58. The molecule has 0 N–H and O–H groups in total. The first kappa shape index (κ1) is 67.1. The molecule has 0 saturated heterocycles. The second-order valence-electron chi connectivity index (χ2n) is 21.3. The summed E-state index contributed by atoms with van der Waals surface area (Å²) >= 11 is 0. The molecule has 0 unspecified atom stereocenters. The Kier molecular flexibility index (Phi) is 57.1. The van der Waals surface area contributed by atoms with E-state index < -0.39 is 6.10 Å². The lowest BCUT2D eigenvalue weighted by Gasteiger charge is -2.18. The van der Waals surface area contributed by atoms with E-state index in [4.69, 9.17) is 14.2 Å². The molecule has 0 radical (unpaired) electrons. The minimum atomic E-state index is -0.768. The summed E-state index contributed by atoms with van der Waals surface area (Å²) in [5.41, 5.74) is 0. The number of esters is 3. The first-order chi connectivity index (χ1) is 34.0. The Balaban J connectivity index is 4.30. The summed E-state index contributed by atoms with van der Waals surface area (Å²) in [5, 5.41) is 0. The molecule has 1 atom stereocenters. The predicted molar refractivity (Wildman–Crippen MR) is 298 cm³/mol. The first-order valence-corrected chi connectivity index (χ1v) is 31.2. The molecule has 0 aromatic carbocycles. The van der Waals surface area contributed by atoms with Gasteiger partial charge in [-0.3, -0.25) is 14.4 Å². The number of ether oxygens (including phenoxy) is 3. The third kappa shape index (κ3) is 56.9. The van der Waals surface area contributed by atoms with Crippen molar-refractivity contribution in [3.63, 3.8) is 0 Å². The number of allylic oxidation sites excluding steroid dienone is 2. The molecular formula is C63H120O6. The zero-order valence-electron chi connectivity index (χ0n) is 46.9. The maximum atomic E-state index is 12.9. The molecule has 0 aliphatic rings. The molecule has 0 amide bonds. The van der Waals surface area contributed by atoms with Crippen molar-refractivity contribution in [2.45, 2.75) is 361 Å². The van der Waals surface area contributed by atoms with Crippen LogP contribution in [0.15, 0.2) is 12.2 Å². The van der Waals surface area contributed by atoms with Gasteiger partial charge < -0.3 is 14.2 Å². The van der Waals surface area contributed by atoms with Crippen LogP contribution in [0.25, 0.3) is 0 Å². The van der Waals surface area contributed by atoms with Crippen LogP contribution in [0.2, 0.25) is 0 Å². The summed E-state index contributed by atoms with van der Waals surface area (Å²) in [5.74, 6) is -0.845. The molecule has 0 heterocycles. The van der Waals surface area contributed by atoms with E-state index in [0.717, 1.165) is 64.2 Å². The maximum absolute atomic E-state index is 12.9. The van der Waals surface area contributed by atoms with E-state index in [2.05, 4.69) is 32.9 Å². The monoisotopic (exact) mass is 973 g/mol. The van der Waals surface area contributed by atoms with Crippen molar-refractivity contribution in [3.8, 4) is 0 Å². The summed E-state index contributed by atoms with van der Waals surface area (Å²) in [6.07, 6.45) is 67.8. The first-order valence-electron chi connectivity index (χ1n) is 31.2. The van der Waals surface area contributed by atoms with Gasteiger partial charge in [0.25, 0.3) is 0 Å². The topological polar surface area (TPSA) is 78.9 Å². The second-order valence-corrected chi connectivity index (χ2v) is 21.3. The average Bonchev–Trinajstić information content (AvgIpc) is 3.35. The minimum absolute atomic E-state index is 0.0660. The third-order valence-electron chi connectivity index (χ3n) is 14.3. The third-order valence-corrected chi connectivity index (χ3v) is 14.3. The van der Waals surface area contributed by atoms with Crippen LogP contribution in [0.3, 0.4) is 0 Å². The van der Waals surface area contributed by atoms with Crippen molar-refractivity contribution < 1.29 is 28.6 Å². The molecule has 0 aromatic heterocycles. The number of hydrogen-bond acceptors (Lipinski definition) is 6. The van der Waals surface area contributed by atoms with Crippen LogP contribution in [0.1, 0.15) is 355 Å². The molecule has 6 nitrogen and oxygen atoms in total. The van der Waals surface area contributed by atoms with Gasteiger partial charge in [-0.25, -0.2) is 0 Å². The van der Waals surface area contributed by atoms with Gasteiger partial charge in [-0.15, -0.1) is 0 Å². The number of hydrogen-bond donors (Lipinski definition) is 0. The molecule has 0 aliphatic heterocycles. The highest BCUT2D eigenvalue weighted by atomic mass is 16.6. The molecule has 0 spiro atoms. The summed E-state index contributed by atoms with van der Waals surface area (Å²) < 4.78 is 16.9. The van der Waals surface area contributed by atoms with Crippen LogP contribution < -0.4 is 0 Å². The Morgan fingerprint density at radius 3 is 0.725 bits per heavy atom. The molecule has 69 heavy (non-hydrogen) atoms. The molecule has 0 aliphatic carbocycles. The fourth-order valence-corrected chi connectivity index (χ4v) is 9.56. The van der Waals surface area contributed by atoms with E-state index >= 15 is 0 Å². The highest BCUT2D eigenvalue weighted by Crippen LogP contribution is 2.18. The Labute approximate surface area is 431 Å². The highest BCUT2D eigenvalue weighted by molar-refractivity contribution is 5.71. The van der Waals surface area contributed by atoms with Gasteiger partial charge in [0.2, 0.25) is 0 Å². The van der Waals surface area contributed by atoms with E-state index in [0.29, 0.717) is 19.3 Å². The predicted octanol–water partition coefficient (Wildman–Crippen LogP) is 20.9. The highest BCUT2D eigenvalue weighted by Gasteiger charge is 2.19. The van der Waals surface area contributed by atoms with Gasteiger partial charge in [-0.1, -0.05) is 303 Å². The molecule has 0 bridgehead atoms. The van der Waals surface area contributed by atoms with E-state index in [-0.39, 0.29) is 31.1 Å². The normalized spacial score (nSPS) is 12.0. The molecule has 0 aromatic rings. The number of carbonyl (C=O) groups is 3. The summed E-state index contributed by atoms with van der Waals surface area (Å²) in [7, 11) is 0. The maximum Gasteiger partial charge on any atom is 0.306 e. The van der Waals surface area contributed by atoms with Crippen LogP contribution in [0.4, 0.5) is 0 Å². The standard InChI is InChI=1S/C63H120O6/c1-4-7-10-13-16-19-22-25-28-30-31-33-35-38-41-44-47-50-53-56-62(65)68-59-60(58-67-61(64)55-52-49-46-43-40-37-34-27-24-21-18-15-12-9-6-3)69-63(66)57-54-51-48-45-42-39-36-32-29-26-23-20-17-14-11-8-5-2/h27,34,60H,4-26,28-33,35-59H2,1-3H3/b34-27-/t60-/m1/s1. The van der Waals surface area contributed by atoms with Crippen LogP contribution in [-0.4, -0.2) is 37.2 Å². The van der Waals surface area contributed by atoms with Gasteiger partial charge in [0, 0.05) is 19.3 Å². The van der Waals surface area contributed by atoms with E-state index in [1.54, 1.807) is 0 Å². The average molecular weight is 974 g/mol. The smallest absolute Gasteiger partial charge is 0.306 e. The SMILES string of the molecule is CCCCCCCC/C=C\CCCCCCCC(=O)OC[C@H](COC(=O)CCCCCCCCCCCCCCCCCCCCC)OC(=O)CCCCCCCCCCCCCCCCCCC. The van der Waals surface area contributed by atoms with Gasteiger partial charge in [-0.05, 0) is 44.9 Å². The molecular weight excluding hydrogens is 853 g/mol. The van der Waals surface area contributed by atoms with Gasteiger partial charge in [0.05, 0.1) is 0 Å². The Morgan fingerprint density at radius 2 is 0.478 bits per heavy atom. The fourth-order valence-electron chi connectivity index (χ4n) is 9.56. The number of unbranched alkanes of at least 4 members (excludes halogenated alkanes) is 45. The van der Waals surface area contributed by atoms with Gasteiger partial charge in [0.1, 0.15) is 13.2 Å². The Morgan fingerprint density at radius 1 is 0.275 bits per heavy atom. The van der Waals surface area contributed by atoms with E-state index in [1.807, 2.05) is 0 Å². The van der Waals surface area contributed by atoms with Crippen molar-refractivity contribution in [1.82, 2.24) is 0 Å². The van der Waals surface area contributed by atoms with Gasteiger partial charge in [-0.2, -0.15) is 0 Å². The molecule has 6 heteroatoms. The summed E-state index contributed by atoms with van der Waals surface area (Å²) in [4.78, 5) is 38.2. The van der Waals surface area contributed by atoms with Crippen LogP contribution in [0.5, 0.6) is 0 Å².